The third-order valence-electron chi connectivity index (χ3n) is 5.69. The van der Waals surface area contributed by atoms with Crippen molar-refractivity contribution >= 4 is 11.0 Å². The Kier molecular flexibility index (Phi) is 7.84. The summed E-state index contributed by atoms with van der Waals surface area (Å²) >= 11 is 0. The van der Waals surface area contributed by atoms with Crippen molar-refractivity contribution in [2.75, 3.05) is 13.7 Å². The van der Waals surface area contributed by atoms with E-state index in [2.05, 4.69) is 0 Å². The highest BCUT2D eigenvalue weighted by Crippen LogP contribution is 2.42. The first-order chi connectivity index (χ1) is 16.2. The van der Waals surface area contributed by atoms with E-state index in [-0.39, 0.29) is 52.6 Å². The van der Waals surface area contributed by atoms with Crippen LogP contribution in [0.5, 0.6) is 17.2 Å². The fourth-order valence-electron chi connectivity index (χ4n) is 3.82. The summed E-state index contributed by atoms with van der Waals surface area (Å²) in [7, 11) is 1.38. The largest absolute Gasteiger partial charge is 0.507 e. The lowest BCUT2D eigenvalue weighted by atomic mass is 9.96. The summed E-state index contributed by atoms with van der Waals surface area (Å²) in [4.78, 5) is 13.5. The van der Waals surface area contributed by atoms with Crippen LogP contribution in [0.2, 0.25) is 0 Å². The summed E-state index contributed by atoms with van der Waals surface area (Å²) in [5, 5.41) is 31.4. The predicted molar refractivity (Wildman–Crippen MR) is 135 cm³/mol. The van der Waals surface area contributed by atoms with Crippen molar-refractivity contribution < 1.29 is 24.5 Å². The van der Waals surface area contributed by atoms with Crippen molar-refractivity contribution in [2.45, 2.75) is 47.0 Å². The van der Waals surface area contributed by atoms with Crippen LogP contribution in [0.4, 0.5) is 0 Å². The lowest BCUT2D eigenvalue weighted by molar-refractivity contribution is 0.299. The molecule has 0 saturated heterocycles. The van der Waals surface area contributed by atoms with Gasteiger partial charge in [0.05, 0.1) is 7.11 Å². The molecule has 3 aromatic rings. The number of hydrogen-bond donors (Lipinski definition) is 3. The fourth-order valence-corrected chi connectivity index (χ4v) is 3.82. The van der Waals surface area contributed by atoms with Gasteiger partial charge in [-0.25, -0.2) is 0 Å². The van der Waals surface area contributed by atoms with Crippen molar-refractivity contribution in [1.82, 2.24) is 0 Å². The molecule has 0 spiro atoms. The van der Waals surface area contributed by atoms with Gasteiger partial charge < -0.3 is 24.5 Å². The SMILES string of the molecule is COc1c(-c2ccc(CCO)cc2)oc2c(CC=C(C)C)c(O)c(CC=C(C)C)c(O)c2c1=O. The molecule has 0 aliphatic carbocycles. The van der Waals surface area contributed by atoms with Crippen molar-refractivity contribution in [1.29, 1.82) is 0 Å². The first kappa shape index (κ1) is 25.1. The predicted octanol–water partition coefficient (Wildman–Crippen LogP) is 5.43. The number of rotatable bonds is 8. The van der Waals surface area contributed by atoms with Crippen LogP contribution in [0.15, 0.2) is 56.8 Å². The van der Waals surface area contributed by atoms with E-state index in [9.17, 15) is 20.1 Å². The third kappa shape index (κ3) is 5.02. The Balaban J connectivity index is 2.38. The van der Waals surface area contributed by atoms with E-state index in [0.29, 0.717) is 24.0 Å². The molecule has 0 aliphatic rings. The minimum atomic E-state index is -0.507. The molecule has 0 radical (unpaired) electrons. The average Bonchev–Trinajstić information content (AvgIpc) is 2.78. The summed E-state index contributed by atoms with van der Waals surface area (Å²) in [6.45, 7) is 7.78. The number of aromatic hydroxyl groups is 2. The van der Waals surface area contributed by atoms with Crippen LogP contribution < -0.4 is 10.2 Å². The topological polar surface area (TPSA) is 100 Å². The molecular formula is C28H32O6. The van der Waals surface area contributed by atoms with E-state index in [1.807, 2.05) is 52.0 Å². The lowest BCUT2D eigenvalue weighted by Gasteiger charge is -2.16. The molecule has 1 aromatic heterocycles. The zero-order valence-corrected chi connectivity index (χ0v) is 20.4. The number of phenolic OH excluding ortho intramolecular Hbond substituents is 2. The maximum absolute atomic E-state index is 13.5. The van der Waals surface area contributed by atoms with Gasteiger partial charge in [-0.1, -0.05) is 47.6 Å². The minimum absolute atomic E-state index is 0.00962. The maximum Gasteiger partial charge on any atom is 0.239 e. The first-order valence-corrected chi connectivity index (χ1v) is 11.3. The van der Waals surface area contributed by atoms with E-state index in [0.717, 1.165) is 16.7 Å². The number of aliphatic hydroxyl groups is 1. The second-order valence-electron chi connectivity index (χ2n) is 8.79. The molecule has 6 nitrogen and oxygen atoms in total. The van der Waals surface area contributed by atoms with Gasteiger partial charge in [-0.05, 0) is 52.5 Å². The van der Waals surface area contributed by atoms with Crippen LogP contribution in [0.25, 0.3) is 22.3 Å². The fraction of sp³-hybridized carbons (Fsp3) is 0.321. The summed E-state index contributed by atoms with van der Waals surface area (Å²) in [5.41, 5.74) is 3.96. The van der Waals surface area contributed by atoms with E-state index in [1.54, 1.807) is 12.1 Å². The summed E-state index contributed by atoms with van der Waals surface area (Å²) in [6.07, 6.45) is 4.93. The third-order valence-corrected chi connectivity index (χ3v) is 5.69. The van der Waals surface area contributed by atoms with Crippen molar-refractivity contribution in [3.8, 4) is 28.6 Å². The van der Waals surface area contributed by atoms with Gasteiger partial charge in [-0.15, -0.1) is 0 Å². The van der Waals surface area contributed by atoms with Crippen molar-refractivity contribution in [2.24, 2.45) is 0 Å². The average molecular weight is 465 g/mol. The Hall–Kier alpha value is -3.51. The number of aliphatic hydroxyl groups excluding tert-OH is 1. The molecule has 0 fully saturated rings. The summed E-state index contributed by atoms with van der Waals surface area (Å²) in [6, 6.07) is 7.26. The standard InChI is InChI=1S/C28H32O6/c1-16(2)6-12-20-23(30)21(13-7-17(3)4)27-22(24(20)31)25(32)28(33-5)26(34-27)19-10-8-18(9-11-19)14-15-29/h6-11,29-31H,12-15H2,1-5H3. The molecule has 2 aromatic carbocycles. The Bertz CT molecular complexity index is 1300. The second kappa shape index (κ2) is 10.6. The first-order valence-electron chi connectivity index (χ1n) is 11.3. The van der Waals surface area contributed by atoms with Crippen LogP contribution in [0, 0.1) is 0 Å². The molecule has 0 amide bonds. The van der Waals surface area contributed by atoms with Crippen LogP contribution in [0.1, 0.15) is 44.4 Å². The van der Waals surface area contributed by atoms with Gasteiger partial charge in [0.1, 0.15) is 22.5 Å². The van der Waals surface area contributed by atoms with Crippen molar-refractivity contribution in [3.05, 3.63) is 74.5 Å². The van der Waals surface area contributed by atoms with E-state index < -0.39 is 5.43 Å². The number of methoxy groups -OCH3 is 1. The minimum Gasteiger partial charge on any atom is -0.507 e. The van der Waals surface area contributed by atoms with E-state index in [1.165, 1.54) is 7.11 Å². The molecule has 6 heteroatoms. The number of allylic oxidation sites excluding steroid dienone is 4. The molecule has 0 bridgehead atoms. The summed E-state index contributed by atoms with van der Waals surface area (Å²) < 4.78 is 11.7. The van der Waals surface area contributed by atoms with E-state index >= 15 is 0 Å². The molecule has 0 unspecified atom stereocenters. The van der Waals surface area contributed by atoms with E-state index in [4.69, 9.17) is 9.15 Å². The Morgan fingerprint density at radius 2 is 1.53 bits per heavy atom. The Morgan fingerprint density at radius 3 is 2.06 bits per heavy atom. The van der Waals surface area contributed by atoms with Gasteiger partial charge in [-0.2, -0.15) is 0 Å². The number of fused-ring (bicyclic) bond motifs is 1. The number of phenols is 2. The highest BCUT2D eigenvalue weighted by atomic mass is 16.5. The number of ether oxygens (including phenoxy) is 1. The highest BCUT2D eigenvalue weighted by molar-refractivity contribution is 5.93. The van der Waals surface area contributed by atoms with Crippen molar-refractivity contribution in [3.63, 3.8) is 0 Å². The van der Waals surface area contributed by atoms with Crippen LogP contribution >= 0.6 is 0 Å². The van der Waals surface area contributed by atoms with Gasteiger partial charge in [0.25, 0.3) is 0 Å². The molecule has 180 valence electrons. The molecule has 3 N–H and O–H groups in total. The second-order valence-corrected chi connectivity index (χ2v) is 8.79. The zero-order chi connectivity index (χ0) is 25.0. The summed E-state index contributed by atoms with van der Waals surface area (Å²) in [5.74, 6) is -0.199. The smallest absolute Gasteiger partial charge is 0.239 e. The van der Waals surface area contributed by atoms with Gasteiger partial charge >= 0.3 is 0 Å². The molecule has 3 rings (SSSR count). The van der Waals surface area contributed by atoms with Gasteiger partial charge in [0.15, 0.2) is 5.76 Å². The molecule has 0 atom stereocenters. The Labute approximate surface area is 199 Å². The quantitative estimate of drug-likeness (QED) is 0.384. The van der Waals surface area contributed by atoms with Gasteiger partial charge in [0.2, 0.25) is 11.2 Å². The number of benzene rings is 2. The van der Waals surface area contributed by atoms with Crippen LogP contribution in [0.3, 0.4) is 0 Å². The molecule has 34 heavy (non-hydrogen) atoms. The molecular weight excluding hydrogens is 432 g/mol. The van der Waals surface area contributed by atoms with Crippen LogP contribution in [-0.2, 0) is 19.3 Å². The van der Waals surface area contributed by atoms with Gasteiger partial charge in [0, 0.05) is 23.3 Å². The molecule has 0 aliphatic heterocycles. The number of hydrogen-bond acceptors (Lipinski definition) is 6. The van der Waals surface area contributed by atoms with Crippen LogP contribution in [-0.4, -0.2) is 29.0 Å². The molecule has 0 saturated carbocycles. The Morgan fingerprint density at radius 1 is 0.941 bits per heavy atom. The highest BCUT2D eigenvalue weighted by Gasteiger charge is 2.26. The maximum atomic E-state index is 13.5. The molecule has 1 heterocycles. The normalized spacial score (nSPS) is 10.9. The zero-order valence-electron chi connectivity index (χ0n) is 20.4. The van der Waals surface area contributed by atoms with Gasteiger partial charge in [-0.3, -0.25) is 4.79 Å². The monoisotopic (exact) mass is 464 g/mol. The lowest BCUT2D eigenvalue weighted by Crippen LogP contribution is -2.10.